The van der Waals surface area contributed by atoms with Gasteiger partial charge in [0.25, 0.3) is 0 Å². The highest BCUT2D eigenvalue weighted by molar-refractivity contribution is 7.99. The van der Waals surface area contributed by atoms with E-state index in [4.69, 9.17) is 0 Å². The lowest BCUT2D eigenvalue weighted by Gasteiger charge is -2.34. The number of fused-ring (bicyclic) bond motifs is 1. The lowest BCUT2D eigenvalue weighted by Crippen LogP contribution is -2.45. The molecule has 4 rings (SSSR count). The fourth-order valence-corrected chi connectivity index (χ4v) is 5.87. The second kappa shape index (κ2) is 7.99. The Bertz CT molecular complexity index is 1200. The van der Waals surface area contributed by atoms with Crippen molar-refractivity contribution in [1.29, 1.82) is 0 Å². The molecular formula is C19H20F3N5O2S2. The molecule has 0 unspecified atom stereocenters. The van der Waals surface area contributed by atoms with E-state index in [1.807, 2.05) is 7.05 Å². The van der Waals surface area contributed by atoms with Gasteiger partial charge in [-0.15, -0.1) is 11.8 Å². The van der Waals surface area contributed by atoms with E-state index >= 15 is 0 Å². The lowest BCUT2D eigenvalue weighted by atomic mass is 10.3. The van der Waals surface area contributed by atoms with Gasteiger partial charge in [-0.05, 0) is 25.4 Å². The Morgan fingerprint density at radius 1 is 1.06 bits per heavy atom. The molecule has 1 aliphatic heterocycles. The van der Waals surface area contributed by atoms with Crippen LogP contribution in [0.1, 0.15) is 5.69 Å². The highest BCUT2D eigenvalue weighted by Gasteiger charge is 2.37. The van der Waals surface area contributed by atoms with Gasteiger partial charge in [-0.2, -0.15) is 22.8 Å². The summed E-state index contributed by atoms with van der Waals surface area (Å²) in [4.78, 5) is 7.23. The Labute approximate surface area is 181 Å². The minimum Gasteiger partial charge on any atom is -0.354 e. The minimum atomic E-state index is -4.74. The first-order chi connectivity index (χ1) is 14.6. The highest BCUT2D eigenvalue weighted by atomic mass is 32.2. The Hall–Kier alpha value is -2.31. The van der Waals surface area contributed by atoms with E-state index in [-0.39, 0.29) is 26.3 Å². The molecule has 12 heteroatoms. The van der Waals surface area contributed by atoms with Crippen LogP contribution in [0.15, 0.2) is 51.2 Å². The number of hydrogen-bond acceptors (Lipinski definition) is 7. The topological polar surface area (TPSA) is 70.8 Å². The number of thioether (sulfide) groups is 1. The van der Waals surface area contributed by atoms with Crippen molar-refractivity contribution in [2.75, 3.05) is 44.4 Å². The number of aromatic nitrogens is 3. The van der Waals surface area contributed by atoms with Crippen LogP contribution in [0, 0.1) is 0 Å². The predicted octanol–water partition coefficient (Wildman–Crippen LogP) is 3.05. The van der Waals surface area contributed by atoms with Gasteiger partial charge in [0.15, 0.2) is 16.2 Å². The summed E-state index contributed by atoms with van der Waals surface area (Å²) in [5.74, 6) is 0.176. The first-order valence-electron chi connectivity index (χ1n) is 9.41. The summed E-state index contributed by atoms with van der Waals surface area (Å²) in [6, 6.07) is 8.52. The maximum absolute atomic E-state index is 13.7. The second-order valence-corrected chi connectivity index (χ2v) is 9.86. The van der Waals surface area contributed by atoms with Crippen LogP contribution in [-0.2, 0) is 16.0 Å². The van der Waals surface area contributed by atoms with E-state index in [0.29, 0.717) is 26.2 Å². The van der Waals surface area contributed by atoms with E-state index in [1.165, 1.54) is 16.6 Å². The van der Waals surface area contributed by atoms with Crippen molar-refractivity contribution in [2.45, 2.75) is 21.0 Å². The van der Waals surface area contributed by atoms with Gasteiger partial charge in [0, 0.05) is 32.2 Å². The van der Waals surface area contributed by atoms with Gasteiger partial charge in [0.05, 0.1) is 4.90 Å². The van der Waals surface area contributed by atoms with Crippen LogP contribution in [0.5, 0.6) is 0 Å². The van der Waals surface area contributed by atoms with Gasteiger partial charge in [0.2, 0.25) is 9.84 Å². The van der Waals surface area contributed by atoms with Crippen LogP contribution < -0.4 is 4.90 Å². The molecule has 0 saturated carbocycles. The Morgan fingerprint density at radius 3 is 2.29 bits per heavy atom. The summed E-state index contributed by atoms with van der Waals surface area (Å²) in [5, 5.41) is 4.46. The van der Waals surface area contributed by atoms with Crippen molar-refractivity contribution in [3.8, 4) is 0 Å². The molecule has 3 aromatic rings. The molecule has 0 bridgehead atoms. The monoisotopic (exact) mass is 471 g/mol. The standard InChI is InChI=1S/C19H20F3N5O2S2/c1-25-8-10-26(11-9-25)15-12-14(19(20,21)22)23-17-16(18(30-2)24-27(15)17)31(28,29)13-6-4-3-5-7-13/h3-7,12H,8-11H2,1-2H3. The smallest absolute Gasteiger partial charge is 0.354 e. The first-order valence-corrected chi connectivity index (χ1v) is 12.1. The Morgan fingerprint density at radius 2 is 1.71 bits per heavy atom. The fourth-order valence-electron chi connectivity index (χ4n) is 3.46. The molecule has 2 aromatic heterocycles. The summed E-state index contributed by atoms with van der Waals surface area (Å²) >= 11 is 1.05. The molecule has 1 aliphatic rings. The van der Waals surface area contributed by atoms with Crippen molar-refractivity contribution in [3.63, 3.8) is 0 Å². The lowest BCUT2D eigenvalue weighted by molar-refractivity contribution is -0.141. The average molecular weight is 472 g/mol. The summed E-state index contributed by atoms with van der Waals surface area (Å²) in [5.41, 5.74) is -1.47. The van der Waals surface area contributed by atoms with Crippen LogP contribution in [-0.4, -0.2) is 67.4 Å². The molecule has 0 N–H and O–H groups in total. The third-order valence-corrected chi connectivity index (χ3v) is 7.74. The van der Waals surface area contributed by atoms with E-state index < -0.39 is 21.7 Å². The maximum atomic E-state index is 13.7. The van der Waals surface area contributed by atoms with Gasteiger partial charge >= 0.3 is 6.18 Å². The molecule has 0 radical (unpaired) electrons. The van der Waals surface area contributed by atoms with Crippen molar-refractivity contribution in [2.24, 2.45) is 0 Å². The van der Waals surface area contributed by atoms with Gasteiger partial charge < -0.3 is 9.80 Å². The molecular weight excluding hydrogens is 451 g/mol. The minimum absolute atomic E-state index is 0.0273. The number of piperazine rings is 1. The van der Waals surface area contributed by atoms with Crippen molar-refractivity contribution in [1.82, 2.24) is 19.5 Å². The van der Waals surface area contributed by atoms with Crippen LogP contribution in [0.25, 0.3) is 5.65 Å². The summed E-state index contributed by atoms with van der Waals surface area (Å²) in [7, 11) is -2.21. The molecule has 31 heavy (non-hydrogen) atoms. The maximum Gasteiger partial charge on any atom is 0.433 e. The molecule has 1 fully saturated rings. The van der Waals surface area contributed by atoms with E-state index in [2.05, 4.69) is 15.0 Å². The number of halogens is 3. The van der Waals surface area contributed by atoms with Crippen LogP contribution in [0.3, 0.4) is 0 Å². The quantitative estimate of drug-likeness (QED) is 0.542. The molecule has 1 aromatic carbocycles. The summed E-state index contributed by atoms with van der Waals surface area (Å²) in [6.45, 7) is 2.30. The zero-order valence-electron chi connectivity index (χ0n) is 16.8. The van der Waals surface area contributed by atoms with Crippen molar-refractivity contribution >= 4 is 33.1 Å². The van der Waals surface area contributed by atoms with Gasteiger partial charge in [-0.3, -0.25) is 0 Å². The molecule has 3 heterocycles. The molecule has 166 valence electrons. The van der Waals surface area contributed by atoms with Crippen LogP contribution in [0.4, 0.5) is 19.0 Å². The normalized spacial score (nSPS) is 16.2. The Balaban J connectivity index is 2.01. The number of rotatable bonds is 4. The Kier molecular flexibility index (Phi) is 5.64. The summed E-state index contributed by atoms with van der Waals surface area (Å²) < 4.78 is 69.0. The predicted molar refractivity (Wildman–Crippen MR) is 111 cm³/mol. The molecule has 1 saturated heterocycles. The average Bonchev–Trinajstić information content (AvgIpc) is 3.13. The zero-order chi connectivity index (χ0) is 22.4. The third kappa shape index (κ3) is 3.99. The van der Waals surface area contributed by atoms with E-state index in [0.717, 1.165) is 17.8 Å². The zero-order valence-corrected chi connectivity index (χ0v) is 18.4. The first kappa shape index (κ1) is 21.9. The van der Waals surface area contributed by atoms with E-state index in [1.54, 1.807) is 29.4 Å². The fraction of sp³-hybridized carbons (Fsp3) is 0.368. The van der Waals surface area contributed by atoms with Gasteiger partial charge in [0.1, 0.15) is 10.8 Å². The number of anilines is 1. The molecule has 0 atom stereocenters. The molecule has 0 aliphatic carbocycles. The van der Waals surface area contributed by atoms with Gasteiger partial charge in [-0.25, -0.2) is 13.4 Å². The summed E-state index contributed by atoms with van der Waals surface area (Å²) in [6.07, 6.45) is -3.10. The van der Waals surface area contributed by atoms with Crippen molar-refractivity contribution < 1.29 is 21.6 Å². The SMILES string of the molecule is CSc1nn2c(N3CCN(C)CC3)cc(C(F)(F)F)nc2c1S(=O)(=O)c1ccccc1. The molecule has 7 nitrogen and oxygen atoms in total. The number of alkyl halides is 3. The highest BCUT2D eigenvalue weighted by Crippen LogP contribution is 2.37. The number of sulfone groups is 1. The van der Waals surface area contributed by atoms with Crippen molar-refractivity contribution in [3.05, 3.63) is 42.1 Å². The number of nitrogens with zero attached hydrogens (tertiary/aromatic N) is 5. The second-order valence-electron chi connectivity index (χ2n) is 7.18. The van der Waals surface area contributed by atoms with Gasteiger partial charge in [-0.1, -0.05) is 18.2 Å². The van der Waals surface area contributed by atoms with Crippen LogP contribution >= 0.6 is 11.8 Å². The number of benzene rings is 1. The van der Waals surface area contributed by atoms with Crippen LogP contribution in [0.2, 0.25) is 0 Å². The molecule has 0 amide bonds. The third-order valence-electron chi connectivity index (χ3n) is 5.13. The van der Waals surface area contributed by atoms with E-state index in [9.17, 15) is 21.6 Å². The number of likely N-dealkylation sites (N-methyl/N-ethyl adjacent to an activating group) is 1. The largest absolute Gasteiger partial charge is 0.433 e. The molecule has 0 spiro atoms. The number of hydrogen-bond donors (Lipinski definition) is 0.